The van der Waals surface area contributed by atoms with Crippen LogP contribution in [0.3, 0.4) is 0 Å². The predicted molar refractivity (Wildman–Crippen MR) is 122 cm³/mol. The molecule has 0 N–H and O–H groups in total. The Labute approximate surface area is 202 Å². The van der Waals surface area contributed by atoms with Gasteiger partial charge in [-0.25, -0.2) is 12.8 Å². The molecule has 2 fully saturated rings. The summed E-state index contributed by atoms with van der Waals surface area (Å²) in [6.45, 7) is 3.95. The Morgan fingerprint density at radius 1 is 1.15 bits per heavy atom. The van der Waals surface area contributed by atoms with Gasteiger partial charge in [0.15, 0.2) is 0 Å². The average molecular weight is 514 g/mol. The number of nitrogens with zero attached hydrogens (tertiary/aromatic N) is 3. The summed E-state index contributed by atoms with van der Waals surface area (Å²) in [5, 5.41) is 9.33. The lowest BCUT2D eigenvalue weighted by molar-refractivity contribution is -0.0404. The first-order valence-corrected chi connectivity index (χ1v) is 12.5. The van der Waals surface area contributed by atoms with Crippen molar-refractivity contribution in [2.45, 2.75) is 4.90 Å². The smallest absolute Gasteiger partial charge is 0.244 e. The molecule has 176 valence electrons. The van der Waals surface area contributed by atoms with Crippen LogP contribution >= 0.6 is 23.2 Å². The number of ether oxygens (including phenoxy) is 2. The number of hydrogen-bond donors (Lipinski definition) is 0. The lowest BCUT2D eigenvalue weighted by atomic mass is 9.81. The van der Waals surface area contributed by atoms with Gasteiger partial charge >= 0.3 is 0 Å². The van der Waals surface area contributed by atoms with E-state index in [4.69, 9.17) is 37.9 Å². The molecule has 0 aromatic heterocycles. The lowest BCUT2D eigenvalue weighted by Gasteiger charge is -2.51. The van der Waals surface area contributed by atoms with Crippen LogP contribution in [0.25, 0.3) is 0 Å². The van der Waals surface area contributed by atoms with Crippen LogP contribution in [0.5, 0.6) is 5.75 Å². The Morgan fingerprint density at radius 2 is 1.88 bits per heavy atom. The lowest BCUT2D eigenvalue weighted by Crippen LogP contribution is -2.65. The van der Waals surface area contributed by atoms with E-state index in [1.807, 2.05) is 0 Å². The van der Waals surface area contributed by atoms with E-state index in [0.29, 0.717) is 24.8 Å². The molecule has 11 heteroatoms. The largest absolute Gasteiger partial charge is 0.493 e. The number of rotatable bonds is 7. The first-order valence-electron chi connectivity index (χ1n) is 10.3. The molecular weight excluding hydrogens is 492 g/mol. The SMILES string of the molecule is N#Cc1ccc(OCC2(CN3CCOCC3)CN(S(=O)(=O)c3ccc(Cl)cc3Cl)C2)cc1F. The summed E-state index contributed by atoms with van der Waals surface area (Å²) in [5.41, 5.74) is -0.556. The predicted octanol–water partition coefficient (Wildman–Crippen LogP) is 3.41. The summed E-state index contributed by atoms with van der Waals surface area (Å²) in [4.78, 5) is 2.22. The van der Waals surface area contributed by atoms with Crippen LogP contribution in [-0.4, -0.2) is 70.2 Å². The summed E-state index contributed by atoms with van der Waals surface area (Å²) in [6, 6.07) is 10.1. The highest BCUT2D eigenvalue weighted by atomic mass is 35.5. The summed E-state index contributed by atoms with van der Waals surface area (Å²) in [5.74, 6) is -0.373. The molecule has 2 aromatic carbocycles. The van der Waals surface area contributed by atoms with Crippen molar-refractivity contribution in [2.75, 3.05) is 52.5 Å². The van der Waals surface area contributed by atoms with Gasteiger partial charge < -0.3 is 9.47 Å². The second-order valence-corrected chi connectivity index (χ2v) is 11.0. The van der Waals surface area contributed by atoms with Crippen LogP contribution in [0.1, 0.15) is 5.56 Å². The van der Waals surface area contributed by atoms with E-state index < -0.39 is 21.3 Å². The van der Waals surface area contributed by atoms with Gasteiger partial charge in [0.05, 0.1) is 30.4 Å². The van der Waals surface area contributed by atoms with Gasteiger partial charge in [-0.1, -0.05) is 23.2 Å². The van der Waals surface area contributed by atoms with Crippen LogP contribution in [0.4, 0.5) is 4.39 Å². The van der Waals surface area contributed by atoms with Gasteiger partial charge in [-0.15, -0.1) is 0 Å². The van der Waals surface area contributed by atoms with Crippen molar-refractivity contribution in [2.24, 2.45) is 5.41 Å². The molecule has 0 aliphatic carbocycles. The minimum absolute atomic E-state index is 0.00335. The fourth-order valence-corrected chi connectivity index (χ4v) is 6.49. The number of hydrogen-bond acceptors (Lipinski definition) is 6. The zero-order valence-electron chi connectivity index (χ0n) is 17.6. The molecule has 2 aliphatic rings. The number of morpholine rings is 1. The van der Waals surface area contributed by atoms with Gasteiger partial charge in [0.2, 0.25) is 10.0 Å². The monoisotopic (exact) mass is 513 g/mol. The number of sulfonamides is 1. The molecule has 2 heterocycles. The normalized spacial score (nSPS) is 19.0. The highest BCUT2D eigenvalue weighted by molar-refractivity contribution is 7.89. The van der Waals surface area contributed by atoms with E-state index in [-0.39, 0.29) is 40.9 Å². The van der Waals surface area contributed by atoms with E-state index in [9.17, 15) is 12.8 Å². The first-order chi connectivity index (χ1) is 15.7. The Bertz CT molecular complexity index is 1180. The minimum Gasteiger partial charge on any atom is -0.493 e. The van der Waals surface area contributed by atoms with Crippen molar-refractivity contribution in [3.63, 3.8) is 0 Å². The third kappa shape index (κ3) is 5.27. The van der Waals surface area contributed by atoms with Crippen molar-refractivity contribution >= 4 is 33.2 Å². The maximum Gasteiger partial charge on any atom is 0.244 e. The zero-order valence-corrected chi connectivity index (χ0v) is 20.0. The maximum absolute atomic E-state index is 14.0. The quantitative estimate of drug-likeness (QED) is 0.564. The third-order valence-electron chi connectivity index (χ3n) is 5.80. The zero-order chi connectivity index (χ0) is 23.6. The average Bonchev–Trinajstić information content (AvgIpc) is 2.75. The molecule has 2 aromatic rings. The minimum atomic E-state index is -3.81. The van der Waals surface area contributed by atoms with Crippen molar-refractivity contribution in [3.8, 4) is 11.8 Å². The highest BCUT2D eigenvalue weighted by Crippen LogP contribution is 2.38. The van der Waals surface area contributed by atoms with Gasteiger partial charge in [-0.2, -0.15) is 9.57 Å². The van der Waals surface area contributed by atoms with Crippen LogP contribution in [0, 0.1) is 22.6 Å². The van der Waals surface area contributed by atoms with E-state index in [1.165, 1.54) is 40.7 Å². The Morgan fingerprint density at radius 3 is 2.52 bits per heavy atom. The Kier molecular flexibility index (Phi) is 7.15. The topological polar surface area (TPSA) is 82.9 Å². The standard InChI is InChI=1S/C22H22Cl2FN3O4S/c23-17-2-4-21(19(24)9-17)33(29,30)28-13-22(14-28,12-27-5-7-31-8-6-27)15-32-18-3-1-16(11-26)20(25)10-18/h1-4,9-10H,5-8,12-15H2. The molecule has 2 saturated heterocycles. The fraction of sp³-hybridized carbons (Fsp3) is 0.409. The molecule has 0 radical (unpaired) electrons. The van der Waals surface area contributed by atoms with Gasteiger partial charge in [-0.05, 0) is 30.3 Å². The number of nitriles is 1. The fourth-order valence-electron chi connectivity index (χ4n) is 4.08. The van der Waals surface area contributed by atoms with Crippen molar-refractivity contribution in [1.82, 2.24) is 9.21 Å². The third-order valence-corrected chi connectivity index (χ3v) is 8.31. The van der Waals surface area contributed by atoms with E-state index in [0.717, 1.165) is 13.1 Å². The summed E-state index contributed by atoms with van der Waals surface area (Å²) < 4.78 is 52.9. The molecule has 7 nitrogen and oxygen atoms in total. The molecule has 0 spiro atoms. The van der Waals surface area contributed by atoms with E-state index in [2.05, 4.69) is 4.90 Å². The Balaban J connectivity index is 1.51. The summed E-state index contributed by atoms with van der Waals surface area (Å²) in [6.07, 6.45) is 0. The number of benzene rings is 2. The van der Waals surface area contributed by atoms with E-state index in [1.54, 1.807) is 6.07 Å². The van der Waals surface area contributed by atoms with Gasteiger partial charge in [0, 0.05) is 49.2 Å². The first kappa shape index (κ1) is 24.2. The van der Waals surface area contributed by atoms with Crippen LogP contribution in [-0.2, 0) is 14.8 Å². The van der Waals surface area contributed by atoms with Gasteiger partial charge in [0.1, 0.15) is 22.5 Å². The molecule has 0 amide bonds. The maximum atomic E-state index is 14.0. The molecule has 4 rings (SSSR count). The molecular formula is C22H22Cl2FN3O4S. The Hall–Kier alpha value is -1.93. The summed E-state index contributed by atoms with van der Waals surface area (Å²) in [7, 11) is -3.81. The van der Waals surface area contributed by atoms with Crippen LogP contribution in [0.2, 0.25) is 10.0 Å². The van der Waals surface area contributed by atoms with Gasteiger partial charge in [-0.3, -0.25) is 4.90 Å². The molecule has 0 unspecified atom stereocenters. The molecule has 0 saturated carbocycles. The molecule has 2 aliphatic heterocycles. The summed E-state index contributed by atoms with van der Waals surface area (Å²) >= 11 is 12.1. The molecule has 0 atom stereocenters. The van der Waals surface area contributed by atoms with Crippen molar-refractivity contribution in [3.05, 3.63) is 57.8 Å². The van der Waals surface area contributed by atoms with Crippen molar-refractivity contribution in [1.29, 1.82) is 5.26 Å². The van der Waals surface area contributed by atoms with E-state index >= 15 is 0 Å². The van der Waals surface area contributed by atoms with Crippen LogP contribution in [0.15, 0.2) is 41.3 Å². The van der Waals surface area contributed by atoms with Crippen molar-refractivity contribution < 1.29 is 22.3 Å². The second kappa shape index (κ2) is 9.74. The molecule has 0 bridgehead atoms. The second-order valence-electron chi connectivity index (χ2n) is 8.28. The van der Waals surface area contributed by atoms with Crippen LogP contribution < -0.4 is 4.74 Å². The molecule has 33 heavy (non-hydrogen) atoms. The number of halogens is 3. The van der Waals surface area contributed by atoms with Gasteiger partial charge in [0.25, 0.3) is 0 Å². The highest BCUT2D eigenvalue weighted by Gasteiger charge is 2.50.